The summed E-state index contributed by atoms with van der Waals surface area (Å²) in [7, 11) is 0. The molecule has 16 heavy (non-hydrogen) atoms. The monoisotopic (exact) mass is 221 g/mol. The topological polar surface area (TPSA) is 83.6 Å². The number of rotatable bonds is 3. The fourth-order valence-electron chi connectivity index (χ4n) is 1.53. The van der Waals surface area contributed by atoms with E-state index in [2.05, 4.69) is 4.98 Å². The first-order chi connectivity index (χ1) is 7.56. The number of aromatic nitrogens is 1. The van der Waals surface area contributed by atoms with Crippen LogP contribution in [0.15, 0.2) is 22.6 Å². The van der Waals surface area contributed by atoms with Gasteiger partial charge < -0.3 is 14.6 Å². The molecule has 5 heteroatoms. The average molecular weight is 221 g/mol. The van der Waals surface area contributed by atoms with E-state index in [-0.39, 0.29) is 6.42 Å². The highest BCUT2D eigenvalue weighted by Gasteiger charge is 2.14. The van der Waals surface area contributed by atoms with Gasteiger partial charge in [0.15, 0.2) is 17.6 Å². The van der Waals surface area contributed by atoms with Gasteiger partial charge in [-0.05, 0) is 17.7 Å². The van der Waals surface area contributed by atoms with Gasteiger partial charge in [-0.15, -0.1) is 0 Å². The smallest absolute Gasteiger partial charge is 0.332 e. The molecule has 0 spiro atoms. The summed E-state index contributed by atoms with van der Waals surface area (Å²) < 4.78 is 5.29. The minimum Gasteiger partial charge on any atom is -0.479 e. The molecule has 5 nitrogen and oxygen atoms in total. The number of hydrogen-bond donors (Lipinski definition) is 2. The number of aryl methyl sites for hydroxylation is 1. The third-order valence-corrected chi connectivity index (χ3v) is 2.27. The van der Waals surface area contributed by atoms with E-state index < -0.39 is 12.1 Å². The van der Waals surface area contributed by atoms with Gasteiger partial charge >= 0.3 is 5.97 Å². The van der Waals surface area contributed by atoms with Crippen LogP contribution in [0.4, 0.5) is 0 Å². The second-order valence-corrected chi connectivity index (χ2v) is 3.59. The van der Waals surface area contributed by atoms with Crippen molar-refractivity contribution >= 4 is 17.1 Å². The van der Waals surface area contributed by atoms with Gasteiger partial charge in [0.05, 0.1) is 0 Å². The highest BCUT2D eigenvalue weighted by molar-refractivity contribution is 5.75. The molecule has 0 radical (unpaired) electrons. The summed E-state index contributed by atoms with van der Waals surface area (Å²) in [5, 5.41) is 17.8. The lowest BCUT2D eigenvalue weighted by atomic mass is 10.1. The zero-order valence-corrected chi connectivity index (χ0v) is 8.67. The van der Waals surface area contributed by atoms with Crippen LogP contribution in [-0.2, 0) is 11.2 Å². The highest BCUT2D eigenvalue weighted by Crippen LogP contribution is 2.17. The fraction of sp³-hybridized carbons (Fsp3) is 0.273. The summed E-state index contributed by atoms with van der Waals surface area (Å²) in [4.78, 5) is 14.6. The van der Waals surface area contributed by atoms with Gasteiger partial charge in [0.2, 0.25) is 0 Å². The van der Waals surface area contributed by atoms with Gasteiger partial charge in [0.1, 0.15) is 5.52 Å². The van der Waals surface area contributed by atoms with Crippen LogP contribution >= 0.6 is 0 Å². The van der Waals surface area contributed by atoms with Gasteiger partial charge in [-0.1, -0.05) is 6.07 Å². The quantitative estimate of drug-likeness (QED) is 0.811. The van der Waals surface area contributed by atoms with E-state index in [0.29, 0.717) is 17.0 Å². The molecule has 1 heterocycles. The first-order valence-electron chi connectivity index (χ1n) is 4.83. The number of aliphatic hydroxyl groups excluding tert-OH is 1. The first kappa shape index (κ1) is 10.6. The molecular formula is C11H11NO4. The molecule has 0 bridgehead atoms. The summed E-state index contributed by atoms with van der Waals surface area (Å²) in [6, 6.07) is 5.16. The van der Waals surface area contributed by atoms with Crippen molar-refractivity contribution in [2.75, 3.05) is 0 Å². The van der Waals surface area contributed by atoms with Crippen molar-refractivity contribution < 1.29 is 19.4 Å². The Kier molecular flexibility index (Phi) is 2.62. The number of aliphatic hydroxyl groups is 1. The lowest BCUT2D eigenvalue weighted by Crippen LogP contribution is -2.21. The molecule has 0 aliphatic heterocycles. The van der Waals surface area contributed by atoms with Crippen molar-refractivity contribution in [3.05, 3.63) is 29.7 Å². The third-order valence-electron chi connectivity index (χ3n) is 2.27. The zero-order chi connectivity index (χ0) is 11.7. The van der Waals surface area contributed by atoms with Crippen LogP contribution in [0.2, 0.25) is 0 Å². The van der Waals surface area contributed by atoms with Gasteiger partial charge in [0, 0.05) is 13.3 Å². The second-order valence-electron chi connectivity index (χ2n) is 3.59. The van der Waals surface area contributed by atoms with Gasteiger partial charge in [-0.25, -0.2) is 9.78 Å². The number of carboxylic acids is 1. The number of carboxylic acid groups (broad SMARTS) is 1. The Morgan fingerprint density at radius 1 is 1.56 bits per heavy atom. The predicted molar refractivity (Wildman–Crippen MR) is 56.1 cm³/mol. The SMILES string of the molecule is Cc1nc2cc(CC(O)C(=O)O)ccc2o1. The van der Waals surface area contributed by atoms with Crippen LogP contribution in [0.3, 0.4) is 0 Å². The van der Waals surface area contributed by atoms with Crippen LogP contribution in [0.1, 0.15) is 11.5 Å². The fourth-order valence-corrected chi connectivity index (χ4v) is 1.53. The van der Waals surface area contributed by atoms with Gasteiger partial charge in [-0.3, -0.25) is 0 Å². The second kappa shape index (κ2) is 3.94. The van der Waals surface area contributed by atoms with Crippen molar-refractivity contribution in [2.24, 2.45) is 0 Å². The number of aliphatic carboxylic acids is 1. The zero-order valence-electron chi connectivity index (χ0n) is 8.67. The van der Waals surface area contributed by atoms with E-state index in [4.69, 9.17) is 9.52 Å². The van der Waals surface area contributed by atoms with Crippen LogP contribution in [0.25, 0.3) is 11.1 Å². The predicted octanol–water partition coefficient (Wildman–Crippen LogP) is 1.12. The van der Waals surface area contributed by atoms with Crippen molar-refractivity contribution in [1.29, 1.82) is 0 Å². The summed E-state index contributed by atoms with van der Waals surface area (Å²) >= 11 is 0. The molecule has 1 atom stereocenters. The average Bonchev–Trinajstić information content (AvgIpc) is 2.57. The van der Waals surface area contributed by atoms with Crippen LogP contribution in [-0.4, -0.2) is 27.3 Å². The number of fused-ring (bicyclic) bond motifs is 1. The molecule has 1 unspecified atom stereocenters. The molecule has 0 fully saturated rings. The molecule has 0 saturated heterocycles. The van der Waals surface area contributed by atoms with Crippen LogP contribution < -0.4 is 0 Å². The number of carbonyl (C=O) groups is 1. The molecule has 0 aliphatic carbocycles. The lowest BCUT2D eigenvalue weighted by molar-refractivity contribution is -0.146. The molecule has 2 aromatic rings. The maximum absolute atomic E-state index is 10.5. The number of hydrogen-bond acceptors (Lipinski definition) is 4. The summed E-state index contributed by atoms with van der Waals surface area (Å²) in [6.07, 6.45) is -1.32. The Balaban J connectivity index is 2.28. The Labute approximate surface area is 91.3 Å². The molecular weight excluding hydrogens is 210 g/mol. The van der Waals surface area contributed by atoms with E-state index in [0.717, 1.165) is 5.56 Å². The number of nitrogens with zero attached hydrogens (tertiary/aromatic N) is 1. The Morgan fingerprint density at radius 2 is 2.31 bits per heavy atom. The normalized spacial score (nSPS) is 12.9. The van der Waals surface area contributed by atoms with E-state index in [1.807, 2.05) is 0 Å². The number of benzene rings is 1. The molecule has 1 aromatic carbocycles. The molecule has 2 N–H and O–H groups in total. The first-order valence-corrected chi connectivity index (χ1v) is 4.83. The standard InChI is InChI=1S/C11H11NO4/c1-6-12-8-4-7(2-3-10(8)16-6)5-9(13)11(14)15/h2-4,9,13H,5H2,1H3,(H,14,15). The van der Waals surface area contributed by atoms with E-state index in [9.17, 15) is 9.90 Å². The molecule has 1 aromatic heterocycles. The van der Waals surface area contributed by atoms with Crippen molar-refractivity contribution in [3.63, 3.8) is 0 Å². The summed E-state index contributed by atoms with van der Waals surface area (Å²) in [5.41, 5.74) is 2.05. The van der Waals surface area contributed by atoms with E-state index in [1.54, 1.807) is 25.1 Å². The van der Waals surface area contributed by atoms with Crippen molar-refractivity contribution in [3.8, 4) is 0 Å². The lowest BCUT2D eigenvalue weighted by Gasteiger charge is -2.04. The number of oxazole rings is 1. The summed E-state index contributed by atoms with van der Waals surface area (Å²) in [6.45, 7) is 1.74. The Morgan fingerprint density at radius 3 is 3.00 bits per heavy atom. The minimum absolute atomic E-state index is 0.0666. The van der Waals surface area contributed by atoms with Crippen LogP contribution in [0.5, 0.6) is 0 Å². The van der Waals surface area contributed by atoms with Crippen molar-refractivity contribution in [2.45, 2.75) is 19.4 Å². The molecule has 84 valence electrons. The van der Waals surface area contributed by atoms with Crippen molar-refractivity contribution in [1.82, 2.24) is 4.98 Å². The van der Waals surface area contributed by atoms with E-state index >= 15 is 0 Å². The molecule has 0 saturated carbocycles. The van der Waals surface area contributed by atoms with Gasteiger partial charge in [-0.2, -0.15) is 0 Å². The highest BCUT2D eigenvalue weighted by atomic mass is 16.4. The maximum atomic E-state index is 10.5. The van der Waals surface area contributed by atoms with Gasteiger partial charge in [0.25, 0.3) is 0 Å². The summed E-state index contributed by atoms with van der Waals surface area (Å²) in [5.74, 6) is -0.664. The maximum Gasteiger partial charge on any atom is 0.332 e. The molecule has 2 rings (SSSR count). The Hall–Kier alpha value is -1.88. The molecule has 0 aliphatic rings. The molecule has 0 amide bonds. The Bertz CT molecular complexity index is 532. The largest absolute Gasteiger partial charge is 0.479 e. The third kappa shape index (κ3) is 2.04. The van der Waals surface area contributed by atoms with Crippen LogP contribution in [0, 0.1) is 6.92 Å². The van der Waals surface area contributed by atoms with E-state index in [1.165, 1.54) is 0 Å². The minimum atomic E-state index is -1.38.